The average Bonchev–Trinajstić information content (AvgIpc) is 2.78. The molecule has 0 saturated heterocycles. The number of aliphatic imine (C=N–C) groups is 1. The zero-order chi connectivity index (χ0) is 13.8. The Balaban J connectivity index is 2.77. The molecule has 0 aromatic rings. The Morgan fingerprint density at radius 1 is 1.39 bits per heavy atom. The lowest BCUT2D eigenvalue weighted by molar-refractivity contribution is 0.156. The van der Waals surface area contributed by atoms with Crippen molar-refractivity contribution in [2.45, 2.75) is 57.3 Å². The van der Waals surface area contributed by atoms with E-state index in [1.807, 2.05) is 6.34 Å². The lowest BCUT2D eigenvalue weighted by Gasteiger charge is -2.39. The second-order valence-corrected chi connectivity index (χ2v) is 15.0. The zero-order valence-electron chi connectivity index (χ0n) is 12.6. The minimum atomic E-state index is -2.02. The Kier molecular flexibility index (Phi) is 5.57. The van der Waals surface area contributed by atoms with Gasteiger partial charge in [0, 0.05) is 7.11 Å². The fraction of sp³-hybridized carbons (Fsp3) is 0.917. The predicted molar refractivity (Wildman–Crippen MR) is 82.2 cm³/mol. The maximum atomic E-state index is 6.51. The third kappa shape index (κ3) is 4.19. The quantitative estimate of drug-likeness (QED) is 0.731. The lowest BCUT2D eigenvalue weighted by atomic mass is 10.3. The first-order valence-electron chi connectivity index (χ1n) is 6.79. The molecule has 1 heterocycles. The van der Waals surface area contributed by atoms with Gasteiger partial charge in [-0.05, 0) is 12.6 Å². The van der Waals surface area contributed by atoms with Crippen LogP contribution in [-0.4, -0.2) is 48.4 Å². The molecule has 0 radical (unpaired) electrons. The van der Waals surface area contributed by atoms with Crippen molar-refractivity contribution in [3.05, 3.63) is 0 Å². The summed E-state index contributed by atoms with van der Waals surface area (Å²) in [5.74, 6) is 0. The van der Waals surface area contributed by atoms with Crippen molar-refractivity contribution in [2.75, 3.05) is 13.7 Å². The van der Waals surface area contributed by atoms with Gasteiger partial charge in [-0.2, -0.15) is 0 Å². The highest BCUT2D eigenvalue weighted by molar-refractivity contribution is 6.78. The van der Waals surface area contributed by atoms with E-state index >= 15 is 0 Å². The molecule has 106 valence electrons. The smallest absolute Gasteiger partial charge is 0.334 e. The summed E-state index contributed by atoms with van der Waals surface area (Å²) in [5.41, 5.74) is 0.267. The van der Waals surface area contributed by atoms with Crippen LogP contribution in [0.15, 0.2) is 4.99 Å². The van der Waals surface area contributed by atoms with Gasteiger partial charge in [-0.3, -0.25) is 4.99 Å². The Labute approximate surface area is 113 Å². The Bertz CT molecular complexity index is 286. The van der Waals surface area contributed by atoms with Gasteiger partial charge in [0.25, 0.3) is 0 Å². The Morgan fingerprint density at radius 2 is 2.06 bits per heavy atom. The highest BCUT2D eigenvalue weighted by Gasteiger charge is 2.42. The van der Waals surface area contributed by atoms with Crippen molar-refractivity contribution in [3.63, 3.8) is 0 Å². The minimum absolute atomic E-state index is 0.267. The first kappa shape index (κ1) is 15.9. The molecule has 0 fully saturated rings. The molecule has 0 aliphatic carbocycles. The average molecular weight is 289 g/mol. The van der Waals surface area contributed by atoms with Crippen molar-refractivity contribution in [2.24, 2.45) is 4.99 Å². The maximum absolute atomic E-state index is 6.51. The molecule has 6 heteroatoms. The Morgan fingerprint density at radius 3 is 2.44 bits per heavy atom. The fourth-order valence-corrected chi connectivity index (χ4v) is 7.94. The van der Waals surface area contributed by atoms with Crippen LogP contribution in [0, 0.1) is 0 Å². The first-order valence-corrected chi connectivity index (χ1v) is 12.9. The maximum Gasteiger partial charge on any atom is 0.334 e. The molecule has 0 amide bonds. The molecule has 0 bridgehead atoms. The summed E-state index contributed by atoms with van der Waals surface area (Å²) in [4.78, 5) is 4.28. The third-order valence-corrected chi connectivity index (χ3v) is 8.90. The Hall–Kier alpha value is -0.176. The summed E-state index contributed by atoms with van der Waals surface area (Å²) in [7, 11) is -1.65. The van der Waals surface area contributed by atoms with E-state index in [-0.39, 0.29) is 5.73 Å². The van der Waals surface area contributed by atoms with Crippen LogP contribution in [0.1, 0.15) is 13.3 Å². The SMILES string of the molecule is CCC[Si](C)(OC)OC(C1CN=CN1)[Si](C)(C)C. The van der Waals surface area contributed by atoms with Gasteiger partial charge in [-0.15, -0.1) is 0 Å². The van der Waals surface area contributed by atoms with E-state index in [9.17, 15) is 0 Å². The molecule has 0 spiro atoms. The summed E-state index contributed by atoms with van der Waals surface area (Å²) in [6.45, 7) is 12.3. The topological polar surface area (TPSA) is 42.9 Å². The number of hydrogen-bond donors (Lipinski definition) is 1. The van der Waals surface area contributed by atoms with Crippen molar-refractivity contribution in [1.29, 1.82) is 0 Å². The van der Waals surface area contributed by atoms with Crippen LogP contribution in [0.4, 0.5) is 0 Å². The number of hydrogen-bond acceptors (Lipinski definition) is 4. The highest BCUT2D eigenvalue weighted by atomic mass is 28.4. The molecule has 3 unspecified atom stereocenters. The number of nitrogens with zero attached hydrogens (tertiary/aromatic N) is 1. The van der Waals surface area contributed by atoms with E-state index in [2.05, 4.69) is 43.4 Å². The largest absolute Gasteiger partial charge is 0.398 e. The third-order valence-electron chi connectivity index (χ3n) is 3.41. The van der Waals surface area contributed by atoms with Gasteiger partial charge in [0.1, 0.15) is 0 Å². The van der Waals surface area contributed by atoms with Gasteiger partial charge in [0.15, 0.2) is 0 Å². The van der Waals surface area contributed by atoms with Gasteiger partial charge in [-0.25, -0.2) is 0 Å². The van der Waals surface area contributed by atoms with E-state index in [1.54, 1.807) is 7.11 Å². The van der Waals surface area contributed by atoms with Gasteiger partial charge < -0.3 is 14.2 Å². The molecule has 1 aliphatic rings. The molecule has 1 N–H and O–H groups in total. The fourth-order valence-electron chi connectivity index (χ4n) is 2.34. The van der Waals surface area contributed by atoms with Gasteiger partial charge in [0.05, 0.1) is 32.7 Å². The summed E-state index contributed by atoms with van der Waals surface area (Å²) in [6, 6.07) is 1.38. The normalized spacial score (nSPS) is 24.7. The molecule has 1 aliphatic heterocycles. The summed E-state index contributed by atoms with van der Waals surface area (Å²) in [5, 5.41) is 3.34. The molecule has 3 atom stereocenters. The van der Waals surface area contributed by atoms with E-state index in [1.165, 1.54) is 0 Å². The van der Waals surface area contributed by atoms with Crippen LogP contribution in [0.3, 0.4) is 0 Å². The molecular formula is C12H28N2O2Si2. The van der Waals surface area contributed by atoms with Crippen LogP contribution >= 0.6 is 0 Å². The second kappa shape index (κ2) is 6.32. The standard InChI is InChI=1S/C12H28N2O2Si2/c1-7-8-18(6,15-2)16-12(17(3,4)5)11-9-13-10-14-11/h10-12H,7-9H2,1-6H3,(H,13,14). The summed E-state index contributed by atoms with van der Waals surface area (Å²) in [6.07, 6.45) is 2.93. The van der Waals surface area contributed by atoms with E-state index in [0.29, 0.717) is 6.04 Å². The first-order chi connectivity index (χ1) is 8.32. The van der Waals surface area contributed by atoms with Crippen LogP contribution in [-0.2, 0) is 8.85 Å². The summed E-state index contributed by atoms with van der Waals surface area (Å²) >= 11 is 0. The van der Waals surface area contributed by atoms with E-state index < -0.39 is 16.6 Å². The summed E-state index contributed by atoms with van der Waals surface area (Å²) < 4.78 is 12.2. The van der Waals surface area contributed by atoms with Gasteiger partial charge in [-0.1, -0.05) is 33.0 Å². The molecular weight excluding hydrogens is 260 g/mol. The minimum Gasteiger partial charge on any atom is -0.398 e. The number of rotatable bonds is 7. The van der Waals surface area contributed by atoms with Gasteiger partial charge >= 0.3 is 8.56 Å². The molecule has 1 rings (SSSR count). The molecule has 0 aromatic heterocycles. The highest BCUT2D eigenvalue weighted by Crippen LogP contribution is 2.25. The van der Waals surface area contributed by atoms with Crippen molar-refractivity contribution in [1.82, 2.24) is 5.32 Å². The second-order valence-electron chi connectivity index (χ2n) is 6.26. The predicted octanol–water partition coefficient (Wildman–Crippen LogP) is 2.38. The van der Waals surface area contributed by atoms with Crippen molar-refractivity contribution >= 4 is 23.0 Å². The van der Waals surface area contributed by atoms with Crippen molar-refractivity contribution < 1.29 is 8.85 Å². The van der Waals surface area contributed by atoms with Crippen LogP contribution in [0.5, 0.6) is 0 Å². The molecule has 18 heavy (non-hydrogen) atoms. The van der Waals surface area contributed by atoms with Crippen LogP contribution in [0.25, 0.3) is 0 Å². The monoisotopic (exact) mass is 288 g/mol. The van der Waals surface area contributed by atoms with Gasteiger partial charge in [0.2, 0.25) is 0 Å². The molecule has 0 aromatic carbocycles. The van der Waals surface area contributed by atoms with Crippen LogP contribution in [0.2, 0.25) is 32.2 Å². The van der Waals surface area contributed by atoms with E-state index in [4.69, 9.17) is 8.85 Å². The molecule has 0 saturated carbocycles. The zero-order valence-corrected chi connectivity index (χ0v) is 14.6. The number of nitrogens with one attached hydrogen (secondary N) is 1. The van der Waals surface area contributed by atoms with E-state index in [0.717, 1.165) is 19.0 Å². The van der Waals surface area contributed by atoms with Crippen molar-refractivity contribution in [3.8, 4) is 0 Å². The lowest BCUT2D eigenvalue weighted by Crippen LogP contribution is -2.58. The van der Waals surface area contributed by atoms with Crippen LogP contribution < -0.4 is 5.32 Å². The molecule has 4 nitrogen and oxygen atoms in total.